The number of methoxy groups -OCH3 is 1. The van der Waals surface area contributed by atoms with E-state index in [0.717, 1.165) is 22.4 Å². The fraction of sp³-hybridized carbons (Fsp3) is 0.0455. The van der Waals surface area contributed by atoms with E-state index in [0.29, 0.717) is 16.3 Å². The maximum atomic E-state index is 13.3. The third-order valence-electron chi connectivity index (χ3n) is 4.40. The molecule has 3 nitrogen and oxygen atoms in total. The number of ketones is 1. The number of carbonyl (C=O) groups is 1. The summed E-state index contributed by atoms with van der Waals surface area (Å²) in [5, 5.41) is 0.667. The highest BCUT2D eigenvalue weighted by Gasteiger charge is 2.20. The fourth-order valence-corrected chi connectivity index (χ4v) is 3.21. The molecule has 0 fully saturated rings. The van der Waals surface area contributed by atoms with Crippen LogP contribution in [0.2, 0.25) is 5.02 Å². The smallest absolute Gasteiger partial charge is 0.210 e. The van der Waals surface area contributed by atoms with Crippen molar-refractivity contribution in [2.24, 2.45) is 0 Å². The summed E-state index contributed by atoms with van der Waals surface area (Å²) < 4.78 is 7.11. The van der Waals surface area contributed by atoms with E-state index in [-0.39, 0.29) is 5.78 Å². The van der Waals surface area contributed by atoms with Crippen molar-refractivity contribution in [3.8, 4) is 16.9 Å². The van der Waals surface area contributed by atoms with Crippen LogP contribution < -0.4 is 4.74 Å². The first-order chi connectivity index (χ1) is 12.7. The monoisotopic (exact) mass is 361 g/mol. The number of halogens is 1. The van der Waals surface area contributed by atoms with Crippen LogP contribution in [0, 0.1) is 0 Å². The summed E-state index contributed by atoms with van der Waals surface area (Å²) >= 11 is 6.02. The molecule has 0 saturated carbocycles. The molecule has 2 aromatic heterocycles. The first-order valence-corrected chi connectivity index (χ1v) is 8.60. The van der Waals surface area contributed by atoms with Crippen LogP contribution >= 0.6 is 11.6 Å². The third-order valence-corrected chi connectivity index (χ3v) is 4.65. The summed E-state index contributed by atoms with van der Waals surface area (Å²) in [5.41, 5.74) is 4.05. The van der Waals surface area contributed by atoms with Gasteiger partial charge in [-0.3, -0.25) is 4.79 Å². The molecule has 0 saturated heterocycles. The summed E-state index contributed by atoms with van der Waals surface area (Å²) in [4.78, 5) is 13.3. The molecule has 0 spiro atoms. The van der Waals surface area contributed by atoms with E-state index in [4.69, 9.17) is 16.3 Å². The standard InChI is InChI=1S/C22H16ClNO2/c1-26-19-11-7-16(8-12-19)22(25)21-20(15-5-9-17(23)10-6-15)14-18-4-2-3-13-24(18)21/h2-14H,1H3. The first-order valence-electron chi connectivity index (χ1n) is 8.22. The van der Waals surface area contributed by atoms with Crippen molar-refractivity contribution in [2.75, 3.05) is 7.11 Å². The summed E-state index contributed by atoms with van der Waals surface area (Å²) in [5.74, 6) is 0.684. The molecule has 0 amide bonds. The van der Waals surface area contributed by atoms with Crippen LogP contribution in [0.5, 0.6) is 5.75 Å². The quantitative estimate of drug-likeness (QED) is 0.449. The number of pyridine rings is 1. The summed E-state index contributed by atoms with van der Waals surface area (Å²) in [6.45, 7) is 0. The van der Waals surface area contributed by atoms with Crippen molar-refractivity contribution in [1.82, 2.24) is 4.40 Å². The van der Waals surface area contributed by atoms with Gasteiger partial charge in [0.15, 0.2) is 0 Å². The molecule has 0 bridgehead atoms. The highest BCUT2D eigenvalue weighted by Crippen LogP contribution is 2.30. The van der Waals surface area contributed by atoms with Crippen LogP contribution in [0.15, 0.2) is 79.0 Å². The van der Waals surface area contributed by atoms with Crippen molar-refractivity contribution in [1.29, 1.82) is 0 Å². The second-order valence-electron chi connectivity index (χ2n) is 5.97. The predicted molar refractivity (Wildman–Crippen MR) is 104 cm³/mol. The minimum atomic E-state index is -0.0381. The van der Waals surface area contributed by atoms with E-state index in [1.807, 2.05) is 59.1 Å². The SMILES string of the molecule is COc1ccc(C(=O)c2c(-c3ccc(Cl)cc3)cc3ccccn23)cc1. The molecule has 128 valence electrons. The summed E-state index contributed by atoms with van der Waals surface area (Å²) in [6.07, 6.45) is 1.91. The molecule has 0 atom stereocenters. The zero-order chi connectivity index (χ0) is 18.1. The fourth-order valence-electron chi connectivity index (χ4n) is 3.08. The van der Waals surface area contributed by atoms with Crippen LogP contribution in [0.4, 0.5) is 0 Å². The van der Waals surface area contributed by atoms with E-state index >= 15 is 0 Å². The van der Waals surface area contributed by atoms with E-state index < -0.39 is 0 Å². The van der Waals surface area contributed by atoms with Crippen LogP contribution in [-0.4, -0.2) is 17.3 Å². The second-order valence-corrected chi connectivity index (χ2v) is 6.40. The Balaban J connectivity index is 1.90. The lowest BCUT2D eigenvalue weighted by Crippen LogP contribution is -2.06. The number of hydrogen-bond donors (Lipinski definition) is 0. The Morgan fingerprint density at radius 2 is 1.69 bits per heavy atom. The molecule has 0 N–H and O–H groups in total. The van der Waals surface area contributed by atoms with Gasteiger partial charge in [-0.25, -0.2) is 0 Å². The van der Waals surface area contributed by atoms with Gasteiger partial charge in [0.25, 0.3) is 0 Å². The molecular formula is C22H16ClNO2. The van der Waals surface area contributed by atoms with Crippen molar-refractivity contribution >= 4 is 22.9 Å². The number of fused-ring (bicyclic) bond motifs is 1. The average Bonchev–Trinajstić information content (AvgIpc) is 3.07. The molecule has 4 heteroatoms. The lowest BCUT2D eigenvalue weighted by molar-refractivity contribution is 0.103. The Kier molecular flexibility index (Phi) is 4.23. The molecule has 0 aliphatic carbocycles. The maximum Gasteiger partial charge on any atom is 0.210 e. The van der Waals surface area contributed by atoms with Gasteiger partial charge in [-0.15, -0.1) is 0 Å². The zero-order valence-corrected chi connectivity index (χ0v) is 14.9. The van der Waals surface area contributed by atoms with Gasteiger partial charge in [0.1, 0.15) is 11.4 Å². The molecule has 4 aromatic rings. The van der Waals surface area contributed by atoms with Gasteiger partial charge in [0.05, 0.1) is 7.11 Å². The van der Waals surface area contributed by atoms with E-state index in [1.54, 1.807) is 31.4 Å². The molecule has 0 unspecified atom stereocenters. The number of hydrogen-bond acceptors (Lipinski definition) is 2. The van der Waals surface area contributed by atoms with Crippen molar-refractivity contribution in [2.45, 2.75) is 0 Å². The van der Waals surface area contributed by atoms with Crippen molar-refractivity contribution in [3.05, 3.63) is 95.3 Å². The van der Waals surface area contributed by atoms with Gasteiger partial charge in [-0.1, -0.05) is 29.8 Å². The van der Waals surface area contributed by atoms with Crippen LogP contribution in [0.1, 0.15) is 16.1 Å². The van der Waals surface area contributed by atoms with Gasteiger partial charge in [-0.05, 0) is 60.2 Å². The Bertz CT molecular complexity index is 1080. The Labute approximate surface area is 156 Å². The van der Waals surface area contributed by atoms with Crippen molar-refractivity contribution in [3.63, 3.8) is 0 Å². The third kappa shape index (κ3) is 2.87. The molecule has 0 aliphatic rings. The number of aromatic nitrogens is 1. The molecular weight excluding hydrogens is 346 g/mol. The summed E-state index contributed by atoms with van der Waals surface area (Å²) in [7, 11) is 1.61. The molecule has 0 radical (unpaired) electrons. The number of benzene rings is 2. The van der Waals surface area contributed by atoms with E-state index in [1.165, 1.54) is 0 Å². The number of rotatable bonds is 4. The van der Waals surface area contributed by atoms with Gasteiger partial charge in [0, 0.05) is 27.9 Å². The van der Waals surface area contributed by atoms with Crippen LogP contribution in [0.25, 0.3) is 16.6 Å². The average molecular weight is 362 g/mol. The van der Waals surface area contributed by atoms with Gasteiger partial charge < -0.3 is 9.14 Å². The number of nitrogens with zero attached hydrogens (tertiary/aromatic N) is 1. The predicted octanol–water partition coefficient (Wildman–Crippen LogP) is 5.50. The second kappa shape index (κ2) is 6.70. The lowest BCUT2D eigenvalue weighted by atomic mass is 10.0. The Morgan fingerprint density at radius 1 is 0.962 bits per heavy atom. The summed E-state index contributed by atoms with van der Waals surface area (Å²) in [6, 6.07) is 22.6. The topological polar surface area (TPSA) is 30.7 Å². The lowest BCUT2D eigenvalue weighted by Gasteiger charge is -2.08. The maximum absolute atomic E-state index is 13.3. The Hall–Kier alpha value is -3.04. The highest BCUT2D eigenvalue weighted by atomic mass is 35.5. The minimum absolute atomic E-state index is 0.0381. The molecule has 2 heterocycles. The first kappa shape index (κ1) is 16.4. The van der Waals surface area contributed by atoms with Gasteiger partial charge in [-0.2, -0.15) is 0 Å². The highest BCUT2D eigenvalue weighted by molar-refractivity contribution is 6.30. The van der Waals surface area contributed by atoms with E-state index in [9.17, 15) is 4.79 Å². The number of ether oxygens (including phenoxy) is 1. The molecule has 2 aromatic carbocycles. The van der Waals surface area contributed by atoms with Gasteiger partial charge in [0.2, 0.25) is 5.78 Å². The Morgan fingerprint density at radius 3 is 2.38 bits per heavy atom. The van der Waals surface area contributed by atoms with E-state index in [2.05, 4.69) is 0 Å². The van der Waals surface area contributed by atoms with Crippen molar-refractivity contribution < 1.29 is 9.53 Å². The molecule has 26 heavy (non-hydrogen) atoms. The minimum Gasteiger partial charge on any atom is -0.497 e. The number of carbonyl (C=O) groups excluding carboxylic acids is 1. The molecule has 0 aliphatic heterocycles. The molecule has 4 rings (SSSR count). The van der Waals surface area contributed by atoms with Crippen LogP contribution in [-0.2, 0) is 0 Å². The van der Waals surface area contributed by atoms with Crippen LogP contribution in [0.3, 0.4) is 0 Å². The normalized spacial score (nSPS) is 10.8. The largest absolute Gasteiger partial charge is 0.497 e. The van der Waals surface area contributed by atoms with Gasteiger partial charge >= 0.3 is 0 Å². The zero-order valence-electron chi connectivity index (χ0n) is 14.1.